The first kappa shape index (κ1) is 16.7. The number of thiophene rings is 1. The van der Waals surface area contributed by atoms with Gasteiger partial charge < -0.3 is 9.42 Å². The molecule has 24 heavy (non-hydrogen) atoms. The summed E-state index contributed by atoms with van der Waals surface area (Å²) in [6.07, 6.45) is -2.97. The van der Waals surface area contributed by atoms with Crippen LogP contribution in [0.1, 0.15) is 33.8 Å². The molecule has 2 N–H and O–H groups in total. The molecule has 0 saturated carbocycles. The van der Waals surface area contributed by atoms with E-state index >= 15 is 0 Å². The van der Waals surface area contributed by atoms with Crippen molar-refractivity contribution in [1.29, 1.82) is 0 Å². The average Bonchev–Trinajstić information content (AvgIpc) is 3.12. The number of rotatable bonds is 2. The number of nitrogens with zero attached hydrogens (tertiary/aromatic N) is 2. The Morgan fingerprint density at radius 1 is 1.42 bits per heavy atom. The van der Waals surface area contributed by atoms with E-state index in [0.717, 1.165) is 29.9 Å². The number of amides is 1. The largest absolute Gasteiger partial charge is 0.452 e. The number of nitrogens with two attached hydrogens (primary N) is 1. The predicted molar refractivity (Wildman–Crippen MR) is 81.6 cm³/mol. The van der Waals surface area contributed by atoms with Crippen molar-refractivity contribution in [2.45, 2.75) is 25.9 Å². The van der Waals surface area contributed by atoms with Crippen LogP contribution >= 0.6 is 11.3 Å². The van der Waals surface area contributed by atoms with Crippen molar-refractivity contribution in [3.8, 4) is 10.6 Å². The van der Waals surface area contributed by atoms with Gasteiger partial charge in [-0.05, 0) is 25.5 Å². The smallest absolute Gasteiger partial charge is 0.351 e. The molecule has 0 bridgehead atoms. The van der Waals surface area contributed by atoms with Crippen LogP contribution in [-0.2, 0) is 6.18 Å². The summed E-state index contributed by atoms with van der Waals surface area (Å²) in [6, 6.07) is 3.18. The minimum Gasteiger partial charge on any atom is -0.351 e. The monoisotopic (exact) mass is 358 g/mol. The van der Waals surface area contributed by atoms with Crippen LogP contribution in [0.15, 0.2) is 16.7 Å². The Labute approximate surface area is 139 Å². The molecular formula is C15H15F3N3O2S+. The fourth-order valence-corrected chi connectivity index (χ4v) is 3.65. The first-order valence-corrected chi connectivity index (χ1v) is 8.12. The number of carbonyl (C=O) groups excluding carboxylic acids is 1. The highest BCUT2D eigenvalue weighted by atomic mass is 32.1. The molecule has 0 aromatic carbocycles. The SMILES string of the molecule is Cc1c(-c2ccc(C(=O)N3CCCC(=[NH2+])C3)s2)noc1C(F)(F)F. The zero-order valence-electron chi connectivity index (χ0n) is 12.8. The van der Waals surface area contributed by atoms with Gasteiger partial charge in [-0.15, -0.1) is 11.3 Å². The number of piperidine rings is 1. The zero-order chi connectivity index (χ0) is 17.5. The van der Waals surface area contributed by atoms with Crippen molar-refractivity contribution in [3.05, 3.63) is 28.3 Å². The summed E-state index contributed by atoms with van der Waals surface area (Å²) < 4.78 is 42.8. The summed E-state index contributed by atoms with van der Waals surface area (Å²) in [5.74, 6) is -1.29. The molecule has 0 radical (unpaired) electrons. The fourth-order valence-electron chi connectivity index (χ4n) is 2.64. The van der Waals surface area contributed by atoms with Gasteiger partial charge >= 0.3 is 6.18 Å². The summed E-state index contributed by atoms with van der Waals surface area (Å²) in [6.45, 7) is 2.33. The minimum absolute atomic E-state index is 0.0844. The van der Waals surface area contributed by atoms with Crippen molar-refractivity contribution in [2.75, 3.05) is 13.1 Å². The molecule has 0 spiro atoms. The van der Waals surface area contributed by atoms with Crippen LogP contribution in [0.2, 0.25) is 0 Å². The minimum atomic E-state index is -4.59. The van der Waals surface area contributed by atoms with E-state index in [-0.39, 0.29) is 17.2 Å². The van der Waals surface area contributed by atoms with Crippen LogP contribution in [0, 0.1) is 6.92 Å². The van der Waals surface area contributed by atoms with Crippen molar-refractivity contribution < 1.29 is 27.9 Å². The molecular weight excluding hydrogens is 343 g/mol. The Morgan fingerprint density at radius 3 is 2.79 bits per heavy atom. The number of carbonyl (C=O) groups is 1. The van der Waals surface area contributed by atoms with Gasteiger partial charge in [0.1, 0.15) is 12.2 Å². The molecule has 0 aliphatic carbocycles. The molecule has 1 aliphatic heterocycles. The Balaban J connectivity index is 1.85. The maximum absolute atomic E-state index is 12.8. The highest BCUT2D eigenvalue weighted by Gasteiger charge is 2.39. The van der Waals surface area contributed by atoms with Crippen molar-refractivity contribution in [2.24, 2.45) is 0 Å². The number of hydrogen-bond donors (Lipinski definition) is 1. The first-order valence-electron chi connectivity index (χ1n) is 7.30. The third-order valence-corrected chi connectivity index (χ3v) is 4.92. The molecule has 1 amide bonds. The van der Waals surface area contributed by atoms with E-state index in [0.29, 0.717) is 22.8 Å². The zero-order valence-corrected chi connectivity index (χ0v) is 13.6. The van der Waals surface area contributed by atoms with Crippen molar-refractivity contribution in [1.82, 2.24) is 10.1 Å². The summed E-state index contributed by atoms with van der Waals surface area (Å²) in [4.78, 5) is 15.0. The summed E-state index contributed by atoms with van der Waals surface area (Å²) in [5.41, 5.74) is 0.781. The second-order valence-corrected chi connectivity index (χ2v) is 6.72. The number of aromatic nitrogens is 1. The van der Waals surface area contributed by atoms with Crippen LogP contribution in [0.3, 0.4) is 0 Å². The maximum Gasteiger partial charge on any atom is 0.452 e. The second-order valence-electron chi connectivity index (χ2n) is 5.64. The Morgan fingerprint density at radius 2 is 2.17 bits per heavy atom. The summed E-state index contributed by atoms with van der Waals surface area (Å²) >= 11 is 1.10. The summed E-state index contributed by atoms with van der Waals surface area (Å²) in [7, 11) is 0. The Bertz CT molecular complexity index is 794. The molecule has 0 atom stereocenters. The van der Waals surface area contributed by atoms with Crippen molar-refractivity contribution in [3.63, 3.8) is 0 Å². The lowest BCUT2D eigenvalue weighted by atomic mass is 10.1. The average molecular weight is 358 g/mol. The first-order chi connectivity index (χ1) is 11.3. The van der Waals surface area contributed by atoms with Gasteiger partial charge in [-0.1, -0.05) is 5.16 Å². The number of likely N-dealkylation sites (tertiary alicyclic amines) is 1. The standard InChI is InChI=1S/C15H14F3N3O2S/c1-8-12(20-23-13(8)15(16,17)18)10-4-5-11(24-10)14(22)21-6-2-3-9(19)7-21/h4-5,19H,2-3,6-7H2,1H3/p+1. The van der Waals surface area contributed by atoms with Gasteiger partial charge in [0.15, 0.2) is 5.71 Å². The third kappa shape index (κ3) is 3.08. The Kier molecular flexibility index (Phi) is 4.20. The summed E-state index contributed by atoms with van der Waals surface area (Å²) in [5, 5.41) is 9.31. The van der Waals surface area contributed by atoms with Crippen LogP contribution in [-0.4, -0.2) is 34.8 Å². The Hall–Kier alpha value is -2.16. The van der Waals surface area contributed by atoms with Crippen LogP contribution in [0.25, 0.3) is 10.6 Å². The topological polar surface area (TPSA) is 71.9 Å². The molecule has 9 heteroatoms. The fraction of sp³-hybridized carbons (Fsp3) is 0.400. The van der Waals surface area contributed by atoms with E-state index in [1.807, 2.05) is 0 Å². The molecule has 1 fully saturated rings. The normalized spacial score (nSPS) is 15.8. The van der Waals surface area contributed by atoms with Gasteiger partial charge in [0.25, 0.3) is 5.91 Å². The lowest BCUT2D eigenvalue weighted by Gasteiger charge is -2.24. The highest BCUT2D eigenvalue weighted by Crippen LogP contribution is 2.38. The number of halogens is 3. The molecule has 1 saturated heterocycles. The lowest BCUT2D eigenvalue weighted by molar-refractivity contribution is -0.156. The van der Waals surface area contributed by atoms with E-state index in [4.69, 9.17) is 5.41 Å². The van der Waals surface area contributed by atoms with Crippen LogP contribution < -0.4 is 5.41 Å². The van der Waals surface area contributed by atoms with Gasteiger partial charge in [0.2, 0.25) is 5.76 Å². The maximum atomic E-state index is 12.8. The highest BCUT2D eigenvalue weighted by molar-refractivity contribution is 7.17. The molecule has 0 unspecified atom stereocenters. The van der Waals surface area contributed by atoms with E-state index in [1.165, 1.54) is 6.92 Å². The molecule has 5 nitrogen and oxygen atoms in total. The van der Waals surface area contributed by atoms with Gasteiger partial charge in [-0.25, -0.2) is 0 Å². The van der Waals surface area contributed by atoms with E-state index in [1.54, 1.807) is 17.0 Å². The third-order valence-electron chi connectivity index (χ3n) is 3.84. The van der Waals surface area contributed by atoms with Gasteiger partial charge in [-0.2, -0.15) is 13.2 Å². The van der Waals surface area contributed by atoms with Crippen LogP contribution in [0.4, 0.5) is 13.2 Å². The molecule has 128 valence electrons. The predicted octanol–water partition coefficient (Wildman–Crippen LogP) is 2.17. The number of hydrogen-bond acceptors (Lipinski definition) is 4. The number of alkyl halides is 3. The molecule has 3 heterocycles. The van der Waals surface area contributed by atoms with E-state index in [2.05, 4.69) is 9.68 Å². The molecule has 2 aromatic heterocycles. The van der Waals surface area contributed by atoms with Gasteiger partial charge in [0, 0.05) is 18.5 Å². The molecule has 3 rings (SSSR count). The molecule has 1 aliphatic rings. The molecule has 2 aromatic rings. The quantitative estimate of drug-likeness (QED) is 0.894. The van der Waals surface area contributed by atoms with Crippen molar-refractivity contribution >= 4 is 23.0 Å². The van der Waals surface area contributed by atoms with Gasteiger partial charge in [0.05, 0.1) is 9.75 Å². The lowest BCUT2D eigenvalue weighted by Crippen LogP contribution is -2.51. The second kappa shape index (κ2) is 6.04. The van der Waals surface area contributed by atoms with E-state index < -0.39 is 11.9 Å². The van der Waals surface area contributed by atoms with E-state index in [9.17, 15) is 18.0 Å². The van der Waals surface area contributed by atoms with Crippen LogP contribution in [0.5, 0.6) is 0 Å². The van der Waals surface area contributed by atoms with Gasteiger partial charge in [-0.3, -0.25) is 10.2 Å².